The Bertz CT molecular complexity index is 808. The zero-order chi connectivity index (χ0) is 19.1. The van der Waals surface area contributed by atoms with Crippen LogP contribution in [0.3, 0.4) is 0 Å². The minimum Gasteiger partial charge on any atom is -0.384 e. The normalized spacial score (nSPS) is 26.8. The molecule has 7 heteroatoms. The summed E-state index contributed by atoms with van der Waals surface area (Å²) in [5.74, 6) is 0.131. The van der Waals surface area contributed by atoms with Crippen molar-refractivity contribution in [2.24, 2.45) is 11.3 Å². The van der Waals surface area contributed by atoms with Gasteiger partial charge in [0.2, 0.25) is 10.0 Å². The fourth-order valence-corrected chi connectivity index (χ4v) is 5.36. The zero-order valence-corrected chi connectivity index (χ0v) is 16.8. The Hall–Kier alpha value is -1.44. The Kier molecular flexibility index (Phi) is 5.16. The molecule has 0 radical (unpaired) electrons. The summed E-state index contributed by atoms with van der Waals surface area (Å²) in [6.45, 7) is 6.63. The van der Waals surface area contributed by atoms with Crippen LogP contribution in [0, 0.1) is 25.2 Å². The predicted octanol–water partition coefficient (Wildman–Crippen LogP) is 1.67. The van der Waals surface area contributed by atoms with Crippen LogP contribution in [0.25, 0.3) is 0 Å². The van der Waals surface area contributed by atoms with Crippen LogP contribution in [-0.4, -0.2) is 69.7 Å². The molecule has 3 rings (SSSR count). The number of hydrogen-bond donors (Lipinski definition) is 0. The van der Waals surface area contributed by atoms with Gasteiger partial charge in [0.25, 0.3) is 5.91 Å². The minimum atomic E-state index is -3.24. The van der Waals surface area contributed by atoms with Crippen LogP contribution in [-0.2, 0) is 14.8 Å². The number of aryl methyl sites for hydroxylation is 2. The van der Waals surface area contributed by atoms with Crippen molar-refractivity contribution in [1.29, 1.82) is 0 Å². The van der Waals surface area contributed by atoms with Crippen molar-refractivity contribution in [2.45, 2.75) is 20.3 Å². The number of sulfonamides is 1. The van der Waals surface area contributed by atoms with Crippen molar-refractivity contribution in [3.05, 3.63) is 34.9 Å². The molecule has 2 aliphatic rings. The van der Waals surface area contributed by atoms with E-state index in [1.54, 1.807) is 11.4 Å². The number of amides is 1. The number of carbonyl (C=O) groups is 1. The van der Waals surface area contributed by atoms with Gasteiger partial charge in [0.05, 0.1) is 12.9 Å². The van der Waals surface area contributed by atoms with Gasteiger partial charge in [0, 0.05) is 44.3 Å². The van der Waals surface area contributed by atoms with E-state index in [4.69, 9.17) is 4.74 Å². The third-order valence-corrected chi connectivity index (χ3v) is 7.12. The van der Waals surface area contributed by atoms with E-state index < -0.39 is 10.0 Å². The summed E-state index contributed by atoms with van der Waals surface area (Å²) in [6, 6.07) is 5.87. The Labute approximate surface area is 156 Å². The van der Waals surface area contributed by atoms with Gasteiger partial charge in [-0.05, 0) is 37.8 Å². The molecule has 1 amide bonds. The van der Waals surface area contributed by atoms with E-state index in [0.29, 0.717) is 32.8 Å². The molecule has 0 aromatic heterocycles. The molecule has 0 aliphatic carbocycles. The summed E-state index contributed by atoms with van der Waals surface area (Å²) in [5, 5.41) is 0. The molecule has 0 bridgehead atoms. The summed E-state index contributed by atoms with van der Waals surface area (Å²) < 4.78 is 31.1. The van der Waals surface area contributed by atoms with Gasteiger partial charge in [0.1, 0.15) is 0 Å². The number of fused-ring (bicyclic) bond motifs is 1. The standard InChI is InChI=1S/C19H28N2O4S/c1-14-5-6-17(15(2)9-14)18(22)20-8-7-19(13-25-3)12-21(26(4,23)24)11-16(19)10-20/h5-6,9,16H,7-8,10-13H2,1-4H3. The second-order valence-electron chi connectivity index (χ2n) is 7.87. The Morgan fingerprint density at radius 3 is 2.65 bits per heavy atom. The van der Waals surface area contributed by atoms with E-state index in [9.17, 15) is 13.2 Å². The third-order valence-electron chi connectivity index (χ3n) is 5.90. The van der Waals surface area contributed by atoms with Gasteiger partial charge in [-0.15, -0.1) is 0 Å². The third kappa shape index (κ3) is 3.52. The van der Waals surface area contributed by atoms with Crippen molar-refractivity contribution in [1.82, 2.24) is 9.21 Å². The van der Waals surface area contributed by atoms with Crippen LogP contribution in [0.15, 0.2) is 18.2 Å². The zero-order valence-electron chi connectivity index (χ0n) is 16.0. The van der Waals surface area contributed by atoms with Crippen molar-refractivity contribution in [3.63, 3.8) is 0 Å². The number of hydrogen-bond acceptors (Lipinski definition) is 4. The fourth-order valence-electron chi connectivity index (χ4n) is 4.42. The predicted molar refractivity (Wildman–Crippen MR) is 101 cm³/mol. The van der Waals surface area contributed by atoms with Crippen LogP contribution in [0.2, 0.25) is 0 Å². The van der Waals surface area contributed by atoms with Gasteiger partial charge in [-0.2, -0.15) is 0 Å². The van der Waals surface area contributed by atoms with E-state index in [1.165, 1.54) is 6.26 Å². The molecule has 0 saturated carbocycles. The molecule has 2 fully saturated rings. The molecule has 0 N–H and O–H groups in total. The first-order valence-corrected chi connectivity index (χ1v) is 10.8. The lowest BCUT2D eigenvalue weighted by atomic mass is 9.73. The molecule has 0 spiro atoms. The van der Waals surface area contributed by atoms with Gasteiger partial charge >= 0.3 is 0 Å². The maximum Gasteiger partial charge on any atom is 0.254 e. The Balaban J connectivity index is 1.82. The van der Waals surface area contributed by atoms with Gasteiger partial charge in [0.15, 0.2) is 0 Å². The van der Waals surface area contributed by atoms with Crippen LogP contribution in [0.4, 0.5) is 0 Å². The van der Waals surface area contributed by atoms with Crippen molar-refractivity contribution >= 4 is 15.9 Å². The number of carbonyl (C=O) groups excluding carboxylic acids is 1. The van der Waals surface area contributed by atoms with Crippen LogP contribution >= 0.6 is 0 Å². The Morgan fingerprint density at radius 1 is 1.31 bits per heavy atom. The van der Waals surface area contributed by atoms with Crippen LogP contribution in [0.1, 0.15) is 27.9 Å². The molecular weight excluding hydrogens is 352 g/mol. The van der Waals surface area contributed by atoms with E-state index in [1.807, 2.05) is 36.9 Å². The molecular formula is C19H28N2O4S. The van der Waals surface area contributed by atoms with E-state index in [2.05, 4.69) is 0 Å². The van der Waals surface area contributed by atoms with E-state index in [0.717, 1.165) is 23.1 Å². The lowest BCUT2D eigenvalue weighted by Crippen LogP contribution is -2.51. The lowest BCUT2D eigenvalue weighted by Gasteiger charge is -2.43. The first-order chi connectivity index (χ1) is 12.2. The summed E-state index contributed by atoms with van der Waals surface area (Å²) in [4.78, 5) is 14.9. The molecule has 1 aromatic rings. The lowest BCUT2D eigenvalue weighted by molar-refractivity contribution is 0.00340. The van der Waals surface area contributed by atoms with Gasteiger partial charge in [-0.1, -0.05) is 17.7 Å². The summed E-state index contributed by atoms with van der Waals surface area (Å²) in [5.41, 5.74) is 2.65. The fraction of sp³-hybridized carbons (Fsp3) is 0.632. The maximum atomic E-state index is 13.0. The number of benzene rings is 1. The second kappa shape index (κ2) is 6.94. The quantitative estimate of drug-likeness (QED) is 0.797. The van der Waals surface area contributed by atoms with Gasteiger partial charge < -0.3 is 9.64 Å². The van der Waals surface area contributed by atoms with Gasteiger partial charge in [-0.25, -0.2) is 12.7 Å². The number of piperidine rings is 1. The van der Waals surface area contributed by atoms with Gasteiger partial charge in [-0.3, -0.25) is 4.79 Å². The molecule has 2 aliphatic heterocycles. The molecule has 2 saturated heterocycles. The molecule has 2 unspecified atom stereocenters. The first kappa shape index (κ1) is 19.3. The highest BCUT2D eigenvalue weighted by atomic mass is 32.2. The van der Waals surface area contributed by atoms with Crippen molar-refractivity contribution in [2.75, 3.05) is 46.2 Å². The smallest absolute Gasteiger partial charge is 0.254 e. The summed E-state index contributed by atoms with van der Waals surface area (Å²) >= 11 is 0. The highest BCUT2D eigenvalue weighted by molar-refractivity contribution is 7.88. The van der Waals surface area contributed by atoms with Crippen LogP contribution < -0.4 is 0 Å². The molecule has 26 heavy (non-hydrogen) atoms. The average Bonchev–Trinajstić information content (AvgIpc) is 2.93. The highest BCUT2D eigenvalue weighted by Gasteiger charge is 2.52. The average molecular weight is 381 g/mol. The molecule has 1 aromatic carbocycles. The summed E-state index contributed by atoms with van der Waals surface area (Å²) in [7, 11) is -1.59. The highest BCUT2D eigenvalue weighted by Crippen LogP contribution is 2.44. The topological polar surface area (TPSA) is 66.9 Å². The first-order valence-electron chi connectivity index (χ1n) is 8.97. The van der Waals surface area contributed by atoms with Crippen LogP contribution in [0.5, 0.6) is 0 Å². The maximum absolute atomic E-state index is 13.0. The molecule has 2 heterocycles. The minimum absolute atomic E-state index is 0.0336. The second-order valence-corrected chi connectivity index (χ2v) is 9.85. The monoisotopic (exact) mass is 380 g/mol. The number of nitrogens with zero attached hydrogens (tertiary/aromatic N) is 2. The SMILES string of the molecule is COCC12CCN(C(=O)c3ccc(C)cc3C)CC1CN(S(C)(=O)=O)C2. The Morgan fingerprint density at radius 2 is 2.04 bits per heavy atom. The number of methoxy groups -OCH3 is 1. The van der Waals surface area contributed by atoms with Crippen molar-refractivity contribution in [3.8, 4) is 0 Å². The molecule has 6 nitrogen and oxygen atoms in total. The summed E-state index contributed by atoms with van der Waals surface area (Å²) in [6.07, 6.45) is 2.01. The van der Waals surface area contributed by atoms with E-state index >= 15 is 0 Å². The number of rotatable bonds is 4. The number of likely N-dealkylation sites (tertiary alicyclic amines) is 1. The van der Waals surface area contributed by atoms with E-state index in [-0.39, 0.29) is 17.2 Å². The molecule has 144 valence electrons. The number of ether oxygens (including phenoxy) is 1. The van der Waals surface area contributed by atoms with Crippen molar-refractivity contribution < 1.29 is 17.9 Å². The largest absolute Gasteiger partial charge is 0.384 e. The molecule has 2 atom stereocenters.